The van der Waals surface area contributed by atoms with Crippen molar-refractivity contribution in [2.45, 2.75) is 0 Å². The predicted molar refractivity (Wildman–Crippen MR) is 61.0 cm³/mol. The summed E-state index contributed by atoms with van der Waals surface area (Å²) < 4.78 is 4.58. The summed E-state index contributed by atoms with van der Waals surface area (Å²) in [4.78, 5) is 22.4. The van der Waals surface area contributed by atoms with Gasteiger partial charge in [-0.15, -0.1) is 0 Å². The third-order valence-electron chi connectivity index (χ3n) is 2.09. The Labute approximate surface area is 96.3 Å². The Morgan fingerprint density at radius 1 is 1.12 bits per heavy atom. The summed E-state index contributed by atoms with van der Waals surface area (Å²) in [5.41, 5.74) is 0.280. The lowest BCUT2D eigenvalue weighted by Crippen LogP contribution is -2.12. The van der Waals surface area contributed by atoms with E-state index in [2.05, 4.69) is 9.73 Å². The van der Waals surface area contributed by atoms with E-state index in [1.54, 1.807) is 12.1 Å². The van der Waals surface area contributed by atoms with E-state index in [0.717, 1.165) is 6.26 Å². The van der Waals surface area contributed by atoms with E-state index in [1.165, 1.54) is 24.3 Å². The maximum absolute atomic E-state index is 11.7. The molecule has 0 spiro atoms. The van der Waals surface area contributed by atoms with Crippen molar-refractivity contribution in [2.24, 2.45) is 0 Å². The molecule has 17 heavy (non-hydrogen) atoms. The summed E-state index contributed by atoms with van der Waals surface area (Å²) in [7, 11) is 0. The highest BCUT2D eigenvalue weighted by molar-refractivity contribution is 6.03. The number of phenols is 1. The molecule has 2 aromatic rings. The number of anilines is 1. The number of rotatable bonds is 2. The highest BCUT2D eigenvalue weighted by Crippen LogP contribution is 2.14. The Balaban J connectivity index is 2.14. The van der Waals surface area contributed by atoms with Gasteiger partial charge in [0, 0.05) is 11.8 Å². The first kappa shape index (κ1) is 10.9. The molecule has 0 unspecified atom stereocenters. The maximum atomic E-state index is 11.7. The normalized spacial score (nSPS) is 9.88. The molecule has 5 heteroatoms. The molecule has 0 radical (unpaired) electrons. The predicted octanol–water partition coefficient (Wildman–Crippen LogP) is 1.60. The van der Waals surface area contributed by atoms with Gasteiger partial charge in [-0.3, -0.25) is 4.79 Å². The topological polar surface area (TPSA) is 79.5 Å². The van der Waals surface area contributed by atoms with Gasteiger partial charge in [0.25, 0.3) is 5.91 Å². The van der Waals surface area contributed by atoms with Gasteiger partial charge in [-0.2, -0.15) is 0 Å². The molecule has 1 amide bonds. The van der Waals surface area contributed by atoms with Gasteiger partial charge >= 0.3 is 5.63 Å². The molecule has 1 aromatic carbocycles. The molecule has 0 saturated heterocycles. The molecule has 1 aromatic heterocycles. The first-order valence-corrected chi connectivity index (χ1v) is 4.84. The minimum absolute atomic E-state index is 0.119. The number of aromatic hydroxyl groups is 1. The number of nitrogens with one attached hydrogen (secondary N) is 1. The van der Waals surface area contributed by atoms with Crippen LogP contribution in [0.3, 0.4) is 0 Å². The molecular formula is C12H9NO4. The average Bonchev–Trinajstić information content (AvgIpc) is 2.33. The van der Waals surface area contributed by atoms with Crippen LogP contribution in [-0.4, -0.2) is 11.0 Å². The summed E-state index contributed by atoms with van der Waals surface area (Å²) in [6.07, 6.45) is 1.10. The van der Waals surface area contributed by atoms with E-state index in [0.29, 0.717) is 5.69 Å². The number of amides is 1. The Kier molecular flexibility index (Phi) is 2.91. The maximum Gasteiger partial charge on any atom is 0.335 e. The summed E-state index contributed by atoms with van der Waals surface area (Å²) in [5, 5.41) is 11.7. The van der Waals surface area contributed by atoms with Gasteiger partial charge < -0.3 is 14.8 Å². The molecule has 1 heterocycles. The van der Waals surface area contributed by atoms with Crippen molar-refractivity contribution in [1.82, 2.24) is 0 Å². The second-order valence-electron chi connectivity index (χ2n) is 3.34. The first-order chi connectivity index (χ1) is 8.15. The average molecular weight is 231 g/mol. The van der Waals surface area contributed by atoms with E-state index < -0.39 is 5.63 Å². The van der Waals surface area contributed by atoms with Crippen LogP contribution in [-0.2, 0) is 0 Å². The van der Waals surface area contributed by atoms with Crippen molar-refractivity contribution in [3.05, 3.63) is 58.6 Å². The molecule has 0 aliphatic rings. The van der Waals surface area contributed by atoms with Crippen LogP contribution in [0.2, 0.25) is 0 Å². The lowest BCUT2D eigenvalue weighted by atomic mass is 10.2. The van der Waals surface area contributed by atoms with Crippen LogP contribution in [0, 0.1) is 0 Å². The fraction of sp³-hybridized carbons (Fsp3) is 0. The standard InChI is InChI=1S/C12H9NO4/c14-10-4-2-9(3-5-10)13-12(16)8-1-6-11(15)17-7-8/h1-7,14H,(H,13,16). The van der Waals surface area contributed by atoms with Crippen LogP contribution in [0.15, 0.2) is 51.9 Å². The van der Waals surface area contributed by atoms with Crippen molar-refractivity contribution < 1.29 is 14.3 Å². The summed E-state index contributed by atoms with van der Waals surface area (Å²) >= 11 is 0. The van der Waals surface area contributed by atoms with E-state index in [4.69, 9.17) is 5.11 Å². The third kappa shape index (κ3) is 2.72. The molecular weight excluding hydrogens is 222 g/mol. The van der Waals surface area contributed by atoms with Crippen LogP contribution in [0.25, 0.3) is 0 Å². The lowest BCUT2D eigenvalue weighted by molar-refractivity contribution is 0.102. The number of hydrogen-bond donors (Lipinski definition) is 2. The van der Waals surface area contributed by atoms with Crippen molar-refractivity contribution >= 4 is 11.6 Å². The Hall–Kier alpha value is -2.56. The molecule has 2 N–H and O–H groups in total. The Bertz CT molecular complexity index is 566. The Morgan fingerprint density at radius 3 is 2.41 bits per heavy atom. The van der Waals surface area contributed by atoms with Crippen molar-refractivity contribution in [1.29, 1.82) is 0 Å². The van der Waals surface area contributed by atoms with Crippen molar-refractivity contribution in [3.63, 3.8) is 0 Å². The molecule has 0 aliphatic heterocycles. The smallest absolute Gasteiger partial charge is 0.335 e. The van der Waals surface area contributed by atoms with E-state index in [9.17, 15) is 9.59 Å². The SMILES string of the molecule is O=C(Nc1ccc(O)cc1)c1ccc(=O)oc1. The zero-order chi connectivity index (χ0) is 12.3. The molecule has 5 nitrogen and oxygen atoms in total. The van der Waals surface area contributed by atoms with Gasteiger partial charge in [0.1, 0.15) is 12.0 Å². The van der Waals surface area contributed by atoms with Crippen LogP contribution in [0.5, 0.6) is 5.75 Å². The summed E-state index contributed by atoms with van der Waals surface area (Å²) in [6.45, 7) is 0. The monoisotopic (exact) mass is 231 g/mol. The molecule has 0 aliphatic carbocycles. The van der Waals surface area contributed by atoms with Gasteiger partial charge in [0.2, 0.25) is 0 Å². The molecule has 86 valence electrons. The van der Waals surface area contributed by atoms with Crippen molar-refractivity contribution in [3.8, 4) is 5.75 Å². The molecule has 2 rings (SSSR count). The second kappa shape index (κ2) is 4.52. The molecule has 0 fully saturated rings. The third-order valence-corrected chi connectivity index (χ3v) is 2.09. The number of carbonyl (C=O) groups is 1. The largest absolute Gasteiger partial charge is 0.508 e. The fourth-order valence-electron chi connectivity index (χ4n) is 1.24. The lowest BCUT2D eigenvalue weighted by Gasteiger charge is -2.04. The summed E-state index contributed by atoms with van der Waals surface area (Å²) in [5.74, 6) is -0.270. The Morgan fingerprint density at radius 2 is 1.82 bits per heavy atom. The van der Waals surface area contributed by atoms with E-state index in [1.807, 2.05) is 0 Å². The number of carbonyl (C=O) groups excluding carboxylic acids is 1. The summed E-state index contributed by atoms with van der Waals surface area (Å²) in [6, 6.07) is 8.59. The zero-order valence-electron chi connectivity index (χ0n) is 8.71. The van der Waals surface area contributed by atoms with Crippen LogP contribution >= 0.6 is 0 Å². The molecule has 0 bridgehead atoms. The van der Waals surface area contributed by atoms with Gasteiger partial charge in [0.05, 0.1) is 5.56 Å². The quantitative estimate of drug-likeness (QED) is 0.769. The second-order valence-corrected chi connectivity index (χ2v) is 3.34. The highest BCUT2D eigenvalue weighted by atomic mass is 16.4. The molecule has 0 atom stereocenters. The first-order valence-electron chi connectivity index (χ1n) is 4.84. The fourth-order valence-corrected chi connectivity index (χ4v) is 1.24. The number of hydrogen-bond acceptors (Lipinski definition) is 4. The minimum atomic E-state index is -0.508. The van der Waals surface area contributed by atoms with Crippen LogP contribution < -0.4 is 10.9 Å². The molecule has 0 saturated carbocycles. The van der Waals surface area contributed by atoms with Gasteiger partial charge in [-0.1, -0.05) is 0 Å². The van der Waals surface area contributed by atoms with Gasteiger partial charge in [0.15, 0.2) is 0 Å². The van der Waals surface area contributed by atoms with E-state index >= 15 is 0 Å². The van der Waals surface area contributed by atoms with E-state index in [-0.39, 0.29) is 17.2 Å². The van der Waals surface area contributed by atoms with Crippen LogP contribution in [0.4, 0.5) is 5.69 Å². The number of phenolic OH excluding ortho intramolecular Hbond substituents is 1. The number of benzene rings is 1. The van der Waals surface area contributed by atoms with Gasteiger partial charge in [-0.25, -0.2) is 4.79 Å². The highest BCUT2D eigenvalue weighted by Gasteiger charge is 2.06. The zero-order valence-corrected chi connectivity index (χ0v) is 8.71. The van der Waals surface area contributed by atoms with Gasteiger partial charge in [-0.05, 0) is 30.3 Å². The van der Waals surface area contributed by atoms with Crippen molar-refractivity contribution in [2.75, 3.05) is 5.32 Å². The minimum Gasteiger partial charge on any atom is -0.508 e. The van der Waals surface area contributed by atoms with Crippen LogP contribution in [0.1, 0.15) is 10.4 Å².